The van der Waals surface area contributed by atoms with Crippen molar-refractivity contribution in [3.63, 3.8) is 0 Å². The van der Waals surface area contributed by atoms with E-state index in [1.807, 2.05) is 6.92 Å². The van der Waals surface area contributed by atoms with Crippen LogP contribution in [0.2, 0.25) is 0 Å². The molecule has 0 radical (unpaired) electrons. The van der Waals surface area contributed by atoms with Gasteiger partial charge in [0.25, 0.3) is 5.91 Å². The molecular weight excluding hydrogens is 296 g/mol. The van der Waals surface area contributed by atoms with Gasteiger partial charge >= 0.3 is 0 Å². The van der Waals surface area contributed by atoms with Gasteiger partial charge in [-0.25, -0.2) is 13.6 Å². The SMILES string of the molecule is Cc1sc(C(=O)NC(C)C2CCCC2)cc1S(N)(=O)=O. The van der Waals surface area contributed by atoms with Crippen LogP contribution in [0.15, 0.2) is 11.0 Å². The van der Waals surface area contributed by atoms with Gasteiger partial charge in [0, 0.05) is 10.9 Å². The first-order valence-corrected chi connectivity index (χ1v) is 9.09. The molecule has 112 valence electrons. The van der Waals surface area contributed by atoms with Gasteiger partial charge in [0.2, 0.25) is 10.0 Å². The third-order valence-electron chi connectivity index (χ3n) is 3.87. The van der Waals surface area contributed by atoms with Crippen LogP contribution in [0.4, 0.5) is 0 Å². The minimum absolute atomic E-state index is 0.0427. The summed E-state index contributed by atoms with van der Waals surface area (Å²) in [5.74, 6) is 0.310. The van der Waals surface area contributed by atoms with Gasteiger partial charge in [0.15, 0.2) is 0 Å². The van der Waals surface area contributed by atoms with E-state index in [9.17, 15) is 13.2 Å². The van der Waals surface area contributed by atoms with Crippen LogP contribution in [0.5, 0.6) is 0 Å². The number of aryl methyl sites for hydroxylation is 1. The summed E-state index contributed by atoms with van der Waals surface area (Å²) in [6.45, 7) is 3.66. The Hall–Kier alpha value is -0.920. The second-order valence-electron chi connectivity index (χ2n) is 5.38. The maximum absolute atomic E-state index is 12.2. The molecule has 1 fully saturated rings. The first-order chi connectivity index (χ1) is 9.29. The van der Waals surface area contributed by atoms with Gasteiger partial charge in [0.1, 0.15) is 0 Å². The Morgan fingerprint density at radius 2 is 2.05 bits per heavy atom. The Labute approximate surface area is 123 Å². The van der Waals surface area contributed by atoms with Crippen molar-refractivity contribution in [3.8, 4) is 0 Å². The van der Waals surface area contributed by atoms with E-state index in [0.29, 0.717) is 15.7 Å². The van der Waals surface area contributed by atoms with E-state index in [-0.39, 0.29) is 16.8 Å². The predicted molar refractivity (Wildman–Crippen MR) is 79.3 cm³/mol. The summed E-state index contributed by atoms with van der Waals surface area (Å²) in [6, 6.07) is 1.48. The molecule has 0 bridgehead atoms. The summed E-state index contributed by atoms with van der Waals surface area (Å²) in [4.78, 5) is 13.2. The lowest BCUT2D eigenvalue weighted by molar-refractivity contribution is 0.0931. The van der Waals surface area contributed by atoms with Crippen LogP contribution in [-0.4, -0.2) is 20.4 Å². The maximum atomic E-state index is 12.2. The van der Waals surface area contributed by atoms with Crippen LogP contribution in [0.3, 0.4) is 0 Å². The Balaban J connectivity index is 2.10. The van der Waals surface area contributed by atoms with Gasteiger partial charge < -0.3 is 5.32 Å². The summed E-state index contributed by atoms with van der Waals surface area (Å²) in [7, 11) is -3.76. The van der Waals surface area contributed by atoms with Crippen molar-refractivity contribution >= 4 is 27.3 Å². The lowest BCUT2D eigenvalue weighted by Crippen LogP contribution is -2.36. The molecule has 1 atom stereocenters. The standard InChI is InChI=1S/C13H20N2O3S2/c1-8(10-5-3-4-6-10)15-13(16)11-7-12(9(2)19-11)20(14,17)18/h7-8,10H,3-6H2,1-2H3,(H,15,16)(H2,14,17,18). The normalized spacial score (nSPS) is 18.1. The lowest BCUT2D eigenvalue weighted by Gasteiger charge is -2.19. The fraction of sp³-hybridized carbons (Fsp3) is 0.615. The Kier molecular flexibility index (Phi) is 4.51. The number of rotatable bonds is 4. The Bertz CT molecular complexity index is 601. The first kappa shape index (κ1) is 15.5. The molecule has 7 heteroatoms. The minimum atomic E-state index is -3.76. The molecule has 1 saturated carbocycles. The zero-order valence-electron chi connectivity index (χ0n) is 11.7. The quantitative estimate of drug-likeness (QED) is 0.890. The lowest BCUT2D eigenvalue weighted by atomic mass is 10.00. The molecule has 20 heavy (non-hydrogen) atoms. The molecule has 1 aliphatic rings. The van der Waals surface area contributed by atoms with Crippen molar-refractivity contribution in [1.29, 1.82) is 0 Å². The van der Waals surface area contributed by atoms with Crippen LogP contribution in [0.1, 0.15) is 47.2 Å². The first-order valence-electron chi connectivity index (χ1n) is 6.73. The van der Waals surface area contributed by atoms with Crippen LogP contribution < -0.4 is 10.5 Å². The predicted octanol–water partition coefficient (Wildman–Crippen LogP) is 2.01. The number of primary sulfonamides is 1. The van der Waals surface area contributed by atoms with E-state index in [4.69, 9.17) is 5.14 Å². The molecule has 1 aromatic rings. The van der Waals surface area contributed by atoms with Crippen molar-refractivity contribution in [1.82, 2.24) is 5.32 Å². The van der Waals surface area contributed by atoms with Crippen molar-refractivity contribution in [2.24, 2.45) is 11.1 Å². The molecule has 0 aromatic carbocycles. The highest BCUT2D eigenvalue weighted by atomic mass is 32.2. The zero-order chi connectivity index (χ0) is 14.9. The monoisotopic (exact) mass is 316 g/mol. The molecule has 1 aromatic heterocycles. The number of carbonyl (C=O) groups is 1. The number of nitrogens with two attached hydrogens (primary N) is 1. The second-order valence-corrected chi connectivity index (χ2v) is 8.17. The number of nitrogens with one attached hydrogen (secondary N) is 1. The van der Waals surface area contributed by atoms with E-state index in [1.54, 1.807) is 6.92 Å². The number of carbonyl (C=O) groups excluding carboxylic acids is 1. The minimum Gasteiger partial charge on any atom is -0.349 e. The van der Waals surface area contributed by atoms with E-state index in [1.165, 1.54) is 18.9 Å². The number of hydrogen-bond acceptors (Lipinski definition) is 4. The van der Waals surface area contributed by atoms with E-state index >= 15 is 0 Å². The Morgan fingerprint density at radius 3 is 2.55 bits per heavy atom. The van der Waals surface area contributed by atoms with Crippen LogP contribution >= 0.6 is 11.3 Å². The summed E-state index contributed by atoms with van der Waals surface area (Å²) in [5, 5.41) is 8.09. The second kappa shape index (κ2) is 5.83. The van der Waals surface area contributed by atoms with Crippen LogP contribution in [0, 0.1) is 12.8 Å². The van der Waals surface area contributed by atoms with Gasteiger partial charge in [0.05, 0.1) is 9.77 Å². The molecule has 1 amide bonds. The molecule has 0 saturated heterocycles. The third-order valence-corrected chi connectivity index (χ3v) is 6.08. The highest BCUT2D eigenvalue weighted by molar-refractivity contribution is 7.89. The van der Waals surface area contributed by atoms with Gasteiger partial charge in [-0.05, 0) is 38.7 Å². The largest absolute Gasteiger partial charge is 0.349 e. The molecule has 1 unspecified atom stereocenters. The molecule has 5 nitrogen and oxygen atoms in total. The molecule has 1 aliphatic carbocycles. The van der Waals surface area contributed by atoms with Gasteiger partial charge in [-0.1, -0.05) is 12.8 Å². The molecule has 1 heterocycles. The number of amides is 1. The smallest absolute Gasteiger partial charge is 0.261 e. The highest BCUT2D eigenvalue weighted by Crippen LogP contribution is 2.28. The van der Waals surface area contributed by atoms with Crippen molar-refractivity contribution < 1.29 is 13.2 Å². The average molecular weight is 316 g/mol. The van der Waals surface area contributed by atoms with Gasteiger partial charge in [-0.2, -0.15) is 0 Å². The number of hydrogen-bond donors (Lipinski definition) is 2. The average Bonchev–Trinajstić information content (AvgIpc) is 2.95. The fourth-order valence-electron chi connectivity index (χ4n) is 2.71. The van der Waals surface area contributed by atoms with Crippen molar-refractivity contribution in [3.05, 3.63) is 15.8 Å². The topological polar surface area (TPSA) is 89.3 Å². The number of sulfonamides is 1. The maximum Gasteiger partial charge on any atom is 0.261 e. The molecule has 2 rings (SSSR count). The van der Waals surface area contributed by atoms with E-state index < -0.39 is 10.0 Å². The Morgan fingerprint density at radius 1 is 1.45 bits per heavy atom. The van der Waals surface area contributed by atoms with Gasteiger partial charge in [-0.15, -0.1) is 11.3 Å². The van der Waals surface area contributed by atoms with Crippen molar-refractivity contribution in [2.75, 3.05) is 0 Å². The molecular formula is C13H20N2O3S2. The van der Waals surface area contributed by atoms with Crippen LogP contribution in [-0.2, 0) is 10.0 Å². The molecule has 0 spiro atoms. The van der Waals surface area contributed by atoms with Crippen molar-refractivity contribution in [2.45, 2.75) is 50.5 Å². The summed E-state index contributed by atoms with van der Waals surface area (Å²) >= 11 is 1.16. The molecule has 3 N–H and O–H groups in total. The third kappa shape index (κ3) is 3.39. The van der Waals surface area contributed by atoms with E-state index in [2.05, 4.69) is 5.32 Å². The summed E-state index contributed by atoms with van der Waals surface area (Å²) < 4.78 is 22.7. The number of thiophene rings is 1. The van der Waals surface area contributed by atoms with E-state index in [0.717, 1.165) is 24.2 Å². The fourth-order valence-corrected chi connectivity index (χ4v) is 4.76. The molecule has 0 aliphatic heterocycles. The van der Waals surface area contributed by atoms with Crippen LogP contribution in [0.25, 0.3) is 0 Å². The summed E-state index contributed by atoms with van der Waals surface area (Å²) in [6.07, 6.45) is 4.73. The van der Waals surface area contributed by atoms with Gasteiger partial charge in [-0.3, -0.25) is 4.79 Å². The summed E-state index contributed by atoms with van der Waals surface area (Å²) in [5.41, 5.74) is 0. The zero-order valence-corrected chi connectivity index (χ0v) is 13.3. The highest BCUT2D eigenvalue weighted by Gasteiger charge is 2.25.